The molecule has 0 amide bonds. The van der Waals surface area contributed by atoms with Gasteiger partial charge in [0.2, 0.25) is 0 Å². The van der Waals surface area contributed by atoms with Crippen LogP contribution in [0, 0.1) is 5.92 Å². The number of aliphatic imine (C=N–C) groups is 1. The molecule has 0 saturated heterocycles. The van der Waals surface area contributed by atoms with Crippen molar-refractivity contribution in [3.63, 3.8) is 0 Å². The van der Waals surface area contributed by atoms with Gasteiger partial charge in [0.1, 0.15) is 0 Å². The normalized spacial score (nSPS) is 14.3. The molecule has 1 unspecified atom stereocenters. The first-order valence-electron chi connectivity index (χ1n) is 9.05. The van der Waals surface area contributed by atoms with E-state index in [9.17, 15) is 0 Å². The van der Waals surface area contributed by atoms with E-state index in [4.69, 9.17) is 4.99 Å². The number of hydrogen-bond donors (Lipinski definition) is 0. The van der Waals surface area contributed by atoms with Crippen LogP contribution in [-0.2, 0) is 0 Å². The second-order valence-electron chi connectivity index (χ2n) is 6.89. The average Bonchev–Trinajstić information content (AvgIpc) is 2.44. The molecule has 1 nitrogen and oxygen atoms in total. The fourth-order valence-electron chi connectivity index (χ4n) is 3.05. The Hall–Kier alpha value is 0.469. The average molecular weight is 388 g/mol. The van der Waals surface area contributed by atoms with Crippen LogP contribution in [0.4, 0.5) is 0 Å². The Kier molecular flexibility index (Phi) is 12.3. The van der Waals surface area contributed by atoms with Gasteiger partial charge in [-0.05, 0) is 0 Å². The molecule has 0 aromatic heterocycles. The monoisotopic (exact) mass is 389 g/mol. The van der Waals surface area contributed by atoms with Crippen LogP contribution in [0.1, 0.15) is 80.1 Å². The molecule has 0 aromatic carbocycles. The maximum atomic E-state index is 5.02. The summed E-state index contributed by atoms with van der Waals surface area (Å²) < 4.78 is 5.40. The molecule has 0 heterocycles. The zero-order chi connectivity index (χ0) is 15.4. The zero-order valence-corrected chi connectivity index (χ0v) is 17.9. The molecule has 0 aliphatic heterocycles. The van der Waals surface area contributed by atoms with Crippen LogP contribution in [0.25, 0.3) is 0 Å². The predicted octanol–water partition coefficient (Wildman–Crippen LogP) is 6.49. The van der Waals surface area contributed by atoms with Gasteiger partial charge in [-0.1, -0.05) is 0 Å². The van der Waals surface area contributed by atoms with E-state index >= 15 is 0 Å². The van der Waals surface area contributed by atoms with E-state index < -0.39 is 18.4 Å². The molecule has 0 bridgehead atoms. The summed E-state index contributed by atoms with van der Waals surface area (Å²) in [6.07, 6.45) is 10.6. The maximum absolute atomic E-state index is 5.02. The Morgan fingerprint density at radius 1 is 0.800 bits per heavy atom. The molecule has 20 heavy (non-hydrogen) atoms. The van der Waals surface area contributed by atoms with Crippen molar-refractivity contribution in [2.24, 2.45) is 10.9 Å². The van der Waals surface area contributed by atoms with Crippen molar-refractivity contribution >= 4 is 24.6 Å². The van der Waals surface area contributed by atoms with Crippen LogP contribution < -0.4 is 0 Å². The third-order valence-electron chi connectivity index (χ3n) is 4.58. The first-order valence-corrected chi connectivity index (χ1v) is 16.8. The van der Waals surface area contributed by atoms with Crippen molar-refractivity contribution in [1.82, 2.24) is 0 Å². The first-order chi connectivity index (χ1) is 9.52. The number of nitrogens with zero attached hydrogens (tertiary/aromatic N) is 1. The SMILES string of the molecule is CCC[CH2][Sn]([CH2]CCC)([CH2]CCC)[CH](C)/N=C/C(C)C. The van der Waals surface area contributed by atoms with E-state index in [1.165, 1.54) is 38.5 Å². The summed E-state index contributed by atoms with van der Waals surface area (Å²) in [7, 11) is 0. The summed E-state index contributed by atoms with van der Waals surface area (Å²) in [5, 5.41) is 0. The molecule has 0 saturated carbocycles. The predicted molar refractivity (Wildman–Crippen MR) is 97.7 cm³/mol. The molecule has 0 aromatic rings. The second-order valence-corrected chi connectivity index (χ2v) is 21.3. The van der Waals surface area contributed by atoms with Gasteiger partial charge in [0.15, 0.2) is 0 Å². The molecule has 1 atom stereocenters. The van der Waals surface area contributed by atoms with Crippen molar-refractivity contribution in [3.05, 3.63) is 0 Å². The molecular formula is C18H39NSn. The summed E-state index contributed by atoms with van der Waals surface area (Å²) in [4.78, 5) is 5.02. The van der Waals surface area contributed by atoms with Crippen LogP contribution in [0.3, 0.4) is 0 Å². The molecule has 2 heteroatoms. The third-order valence-corrected chi connectivity index (χ3v) is 21.6. The second kappa shape index (κ2) is 12.1. The summed E-state index contributed by atoms with van der Waals surface area (Å²) in [6.45, 7) is 14.0. The van der Waals surface area contributed by atoms with Gasteiger partial charge in [-0.25, -0.2) is 0 Å². The topological polar surface area (TPSA) is 12.4 Å². The fraction of sp³-hybridized carbons (Fsp3) is 0.944. The summed E-state index contributed by atoms with van der Waals surface area (Å²) in [6, 6.07) is 0. The van der Waals surface area contributed by atoms with Gasteiger partial charge >= 0.3 is 133 Å². The fourth-order valence-corrected chi connectivity index (χ4v) is 19.0. The Morgan fingerprint density at radius 2 is 1.20 bits per heavy atom. The standard InChI is InChI=1S/C6H12N.3C4H9.Sn/c1-4-7-5-6(2)3;3*1-3-4-2;/h4-6H,1-3H3;3*1,3-4H2,2H3;/b7-5+;;;;. The van der Waals surface area contributed by atoms with E-state index in [1.807, 2.05) is 0 Å². The van der Waals surface area contributed by atoms with Crippen LogP contribution in [0.15, 0.2) is 4.99 Å². The molecule has 0 spiro atoms. The molecule has 0 N–H and O–H groups in total. The summed E-state index contributed by atoms with van der Waals surface area (Å²) in [5.74, 6) is 0.602. The van der Waals surface area contributed by atoms with Crippen molar-refractivity contribution in [3.8, 4) is 0 Å². The number of rotatable bonds is 12. The Balaban J connectivity index is 4.99. The van der Waals surface area contributed by atoms with Crippen molar-refractivity contribution in [2.75, 3.05) is 0 Å². The van der Waals surface area contributed by atoms with Crippen molar-refractivity contribution in [1.29, 1.82) is 0 Å². The van der Waals surface area contributed by atoms with E-state index in [1.54, 1.807) is 13.3 Å². The Morgan fingerprint density at radius 3 is 1.50 bits per heavy atom. The number of unbranched alkanes of at least 4 members (excludes halogenated alkanes) is 3. The van der Waals surface area contributed by atoms with Gasteiger partial charge in [0, 0.05) is 0 Å². The van der Waals surface area contributed by atoms with Crippen LogP contribution in [-0.4, -0.2) is 28.6 Å². The molecule has 120 valence electrons. The van der Waals surface area contributed by atoms with Crippen molar-refractivity contribution in [2.45, 2.75) is 97.4 Å². The van der Waals surface area contributed by atoms with Gasteiger partial charge in [0.25, 0.3) is 0 Å². The van der Waals surface area contributed by atoms with E-state index in [0.29, 0.717) is 9.98 Å². The zero-order valence-electron chi connectivity index (χ0n) is 15.0. The number of hydrogen-bond acceptors (Lipinski definition) is 1. The third kappa shape index (κ3) is 8.04. The first kappa shape index (κ1) is 20.5. The Bertz CT molecular complexity index is 226. The molecule has 0 aliphatic carbocycles. The quantitative estimate of drug-likeness (QED) is 0.268. The minimum atomic E-state index is -2.09. The summed E-state index contributed by atoms with van der Waals surface area (Å²) in [5.41, 5.74) is 0. The van der Waals surface area contributed by atoms with Crippen molar-refractivity contribution < 1.29 is 0 Å². The minimum absolute atomic E-state index is 0.602. The van der Waals surface area contributed by atoms with Crippen LogP contribution >= 0.6 is 0 Å². The molecule has 0 fully saturated rings. The van der Waals surface area contributed by atoms with Gasteiger partial charge in [-0.15, -0.1) is 0 Å². The van der Waals surface area contributed by atoms with Crippen LogP contribution in [0.2, 0.25) is 13.3 Å². The van der Waals surface area contributed by atoms with Crippen LogP contribution in [0.5, 0.6) is 0 Å². The Labute approximate surface area is 132 Å². The van der Waals surface area contributed by atoms with E-state index in [2.05, 4.69) is 47.8 Å². The van der Waals surface area contributed by atoms with E-state index in [-0.39, 0.29) is 0 Å². The summed E-state index contributed by atoms with van der Waals surface area (Å²) >= 11 is -2.09. The van der Waals surface area contributed by atoms with Gasteiger partial charge < -0.3 is 0 Å². The molecule has 0 radical (unpaired) electrons. The molecular weight excluding hydrogens is 349 g/mol. The van der Waals surface area contributed by atoms with Gasteiger partial charge in [-0.2, -0.15) is 0 Å². The molecule has 0 rings (SSSR count). The van der Waals surface area contributed by atoms with E-state index in [0.717, 1.165) is 0 Å². The molecule has 0 aliphatic rings. The van der Waals surface area contributed by atoms with Gasteiger partial charge in [0.05, 0.1) is 0 Å². The van der Waals surface area contributed by atoms with Gasteiger partial charge in [-0.3, -0.25) is 0 Å².